The lowest BCUT2D eigenvalue weighted by Crippen LogP contribution is -2.36. The predicted molar refractivity (Wildman–Crippen MR) is 73.7 cm³/mol. The van der Waals surface area contributed by atoms with Crippen LogP contribution in [-0.2, 0) is 4.79 Å². The first kappa shape index (κ1) is 14.4. The van der Waals surface area contributed by atoms with Crippen molar-refractivity contribution >= 4 is 17.9 Å². The summed E-state index contributed by atoms with van der Waals surface area (Å²) in [5, 5.41) is 7.02. The van der Waals surface area contributed by atoms with Crippen LogP contribution in [-0.4, -0.2) is 35.7 Å². The molecule has 1 aromatic rings. The fourth-order valence-electron chi connectivity index (χ4n) is 2.31. The molecule has 0 aliphatic carbocycles. The minimum Gasteiger partial charge on any atom is -0.328 e. The summed E-state index contributed by atoms with van der Waals surface area (Å²) < 4.78 is 0. The minimum absolute atomic E-state index is 0.164. The van der Waals surface area contributed by atoms with E-state index in [0.29, 0.717) is 12.7 Å². The van der Waals surface area contributed by atoms with Crippen LogP contribution in [0.25, 0.3) is 20.9 Å². The maximum atomic E-state index is 12.5. The normalized spacial score (nSPS) is 20.3. The van der Waals surface area contributed by atoms with Crippen molar-refractivity contribution in [2.75, 3.05) is 6.54 Å². The van der Waals surface area contributed by atoms with Gasteiger partial charge in [-0.15, -0.1) is 0 Å². The van der Waals surface area contributed by atoms with Crippen molar-refractivity contribution in [3.8, 4) is 0 Å². The molecule has 0 saturated carbocycles. The molecule has 21 heavy (non-hydrogen) atoms. The quantitative estimate of drug-likeness (QED) is 0.363. The molecule has 0 bridgehead atoms. The summed E-state index contributed by atoms with van der Waals surface area (Å²) in [6.07, 6.45) is 0.948. The number of rotatable bonds is 4. The second-order valence-electron chi connectivity index (χ2n) is 4.46. The highest BCUT2D eigenvalue weighted by Crippen LogP contribution is 2.26. The third-order valence-electron chi connectivity index (χ3n) is 3.24. The molecule has 9 heteroatoms. The monoisotopic (exact) mass is 285 g/mol. The van der Waals surface area contributed by atoms with E-state index < -0.39 is 18.0 Å². The van der Waals surface area contributed by atoms with Crippen molar-refractivity contribution in [2.24, 2.45) is 10.2 Å². The lowest BCUT2D eigenvalue weighted by Gasteiger charge is -2.21. The van der Waals surface area contributed by atoms with Gasteiger partial charge in [0.05, 0.1) is 17.8 Å². The van der Waals surface area contributed by atoms with Gasteiger partial charge in [0.2, 0.25) is 0 Å². The molecule has 1 aliphatic rings. The molecule has 0 radical (unpaired) electrons. The zero-order valence-electron chi connectivity index (χ0n) is 10.9. The fourth-order valence-corrected chi connectivity index (χ4v) is 2.31. The van der Waals surface area contributed by atoms with Crippen molar-refractivity contribution < 1.29 is 9.59 Å². The van der Waals surface area contributed by atoms with Crippen LogP contribution in [0, 0.1) is 0 Å². The van der Waals surface area contributed by atoms with Gasteiger partial charge in [0.15, 0.2) is 0 Å². The maximum absolute atomic E-state index is 12.5. The molecule has 1 amide bonds. The molecular formula is C12H11N7O2. The van der Waals surface area contributed by atoms with E-state index >= 15 is 0 Å². The molecule has 0 N–H and O–H groups in total. The first-order chi connectivity index (χ1) is 10.2. The lowest BCUT2D eigenvalue weighted by atomic mass is 10.1. The van der Waals surface area contributed by atoms with Crippen molar-refractivity contribution in [1.82, 2.24) is 4.90 Å². The van der Waals surface area contributed by atoms with E-state index in [1.165, 1.54) is 17.0 Å². The van der Waals surface area contributed by atoms with Crippen LogP contribution < -0.4 is 0 Å². The van der Waals surface area contributed by atoms with Gasteiger partial charge in [-0.25, -0.2) is 0 Å². The van der Waals surface area contributed by atoms with Gasteiger partial charge in [0, 0.05) is 21.9 Å². The first-order valence-electron chi connectivity index (χ1n) is 6.16. The molecule has 106 valence electrons. The Hall–Kier alpha value is -3.02. The van der Waals surface area contributed by atoms with Crippen LogP contribution in [0.15, 0.2) is 34.5 Å². The second kappa shape index (κ2) is 6.42. The zero-order chi connectivity index (χ0) is 15.2. The highest BCUT2D eigenvalue weighted by atomic mass is 16.2. The van der Waals surface area contributed by atoms with Crippen LogP contribution in [0.1, 0.15) is 16.8 Å². The van der Waals surface area contributed by atoms with Gasteiger partial charge in [-0.1, -0.05) is 28.4 Å². The number of azide groups is 2. The molecule has 1 heterocycles. The summed E-state index contributed by atoms with van der Waals surface area (Å²) in [6.45, 7) is 0.164. The molecule has 2 atom stereocenters. The Morgan fingerprint density at radius 2 is 2.10 bits per heavy atom. The highest BCUT2D eigenvalue weighted by molar-refractivity contribution is 6.00. The SMILES string of the molecule is [N-]=[N+]=Nc1ccccc1C(=O)N1C[C@@H](N=[N+]=[N-])C[C@H]1C=O. The number of likely N-dealkylation sites (tertiary alicyclic amines) is 1. The Bertz CT molecular complexity index is 661. The molecule has 1 aromatic carbocycles. The van der Waals surface area contributed by atoms with E-state index in [0.717, 1.165) is 0 Å². The van der Waals surface area contributed by atoms with Gasteiger partial charge in [-0.2, -0.15) is 0 Å². The molecule has 1 fully saturated rings. The maximum Gasteiger partial charge on any atom is 0.254 e. The van der Waals surface area contributed by atoms with E-state index in [1.54, 1.807) is 12.1 Å². The Morgan fingerprint density at radius 1 is 1.33 bits per heavy atom. The van der Waals surface area contributed by atoms with Gasteiger partial charge >= 0.3 is 0 Å². The number of hydrogen-bond donors (Lipinski definition) is 0. The molecule has 0 aromatic heterocycles. The largest absolute Gasteiger partial charge is 0.328 e. The average Bonchev–Trinajstić information content (AvgIpc) is 2.91. The first-order valence-corrected chi connectivity index (χ1v) is 6.16. The molecule has 2 rings (SSSR count). The van der Waals surface area contributed by atoms with Crippen LogP contribution in [0.3, 0.4) is 0 Å². The van der Waals surface area contributed by atoms with Crippen molar-refractivity contribution in [2.45, 2.75) is 18.5 Å². The number of aldehydes is 1. The number of amides is 1. The standard InChI is InChI=1S/C12H11N7O2/c13-17-15-8-5-9(7-20)19(6-8)12(21)10-3-1-2-4-11(10)16-18-14/h1-4,7-9H,5-6H2/t8-,9-/m0/s1. The lowest BCUT2D eigenvalue weighted by molar-refractivity contribution is -0.111. The van der Waals surface area contributed by atoms with Crippen LogP contribution in [0.5, 0.6) is 0 Å². The number of hydrogen-bond acceptors (Lipinski definition) is 4. The van der Waals surface area contributed by atoms with Crippen molar-refractivity contribution in [3.63, 3.8) is 0 Å². The minimum atomic E-state index is -0.646. The molecule has 0 spiro atoms. The smallest absolute Gasteiger partial charge is 0.254 e. The molecule has 1 aliphatic heterocycles. The number of benzene rings is 1. The third kappa shape index (κ3) is 2.94. The fraction of sp³-hybridized carbons (Fsp3) is 0.333. The van der Waals surface area contributed by atoms with Gasteiger partial charge in [0.25, 0.3) is 5.91 Å². The molecule has 9 nitrogen and oxygen atoms in total. The molecular weight excluding hydrogens is 274 g/mol. The number of nitrogens with zero attached hydrogens (tertiary/aromatic N) is 7. The Kier molecular flexibility index (Phi) is 4.40. The Morgan fingerprint density at radius 3 is 2.76 bits per heavy atom. The van der Waals surface area contributed by atoms with Crippen LogP contribution in [0.2, 0.25) is 0 Å². The number of carbonyl (C=O) groups excluding carboxylic acids is 2. The van der Waals surface area contributed by atoms with E-state index in [2.05, 4.69) is 20.1 Å². The summed E-state index contributed by atoms with van der Waals surface area (Å²) in [6, 6.07) is 5.25. The third-order valence-corrected chi connectivity index (χ3v) is 3.24. The van der Waals surface area contributed by atoms with Crippen LogP contribution in [0.4, 0.5) is 5.69 Å². The Labute approximate surface area is 119 Å². The zero-order valence-corrected chi connectivity index (χ0v) is 10.9. The summed E-state index contributed by atoms with van der Waals surface area (Å²) in [5.41, 5.74) is 17.4. The van der Waals surface area contributed by atoms with E-state index in [1.807, 2.05) is 0 Å². The van der Waals surface area contributed by atoms with E-state index in [9.17, 15) is 9.59 Å². The van der Waals surface area contributed by atoms with Gasteiger partial charge in [0.1, 0.15) is 6.29 Å². The summed E-state index contributed by atoms with van der Waals surface area (Å²) in [4.78, 5) is 30.3. The van der Waals surface area contributed by atoms with Gasteiger partial charge < -0.3 is 9.69 Å². The molecule has 1 saturated heterocycles. The van der Waals surface area contributed by atoms with Gasteiger partial charge in [-0.3, -0.25) is 4.79 Å². The van der Waals surface area contributed by atoms with Crippen molar-refractivity contribution in [3.05, 3.63) is 50.7 Å². The van der Waals surface area contributed by atoms with E-state index in [-0.39, 0.29) is 17.8 Å². The number of carbonyl (C=O) groups is 2. The molecule has 0 unspecified atom stereocenters. The van der Waals surface area contributed by atoms with Crippen LogP contribution >= 0.6 is 0 Å². The summed E-state index contributed by atoms with van der Waals surface area (Å²) in [7, 11) is 0. The van der Waals surface area contributed by atoms with Crippen molar-refractivity contribution in [1.29, 1.82) is 0 Å². The topological polar surface area (TPSA) is 135 Å². The highest BCUT2D eigenvalue weighted by Gasteiger charge is 2.35. The average molecular weight is 285 g/mol. The van der Waals surface area contributed by atoms with E-state index in [4.69, 9.17) is 11.1 Å². The van der Waals surface area contributed by atoms with Gasteiger partial charge in [-0.05, 0) is 23.5 Å². The Balaban J connectivity index is 2.33. The predicted octanol–water partition coefficient (Wildman–Crippen LogP) is 2.72. The second-order valence-corrected chi connectivity index (χ2v) is 4.46. The summed E-state index contributed by atoms with van der Waals surface area (Å²) in [5.74, 6) is -0.425. The summed E-state index contributed by atoms with van der Waals surface area (Å²) >= 11 is 0.